The van der Waals surface area contributed by atoms with Crippen molar-refractivity contribution in [2.45, 2.75) is 64.9 Å². The van der Waals surface area contributed by atoms with Crippen molar-refractivity contribution in [3.05, 3.63) is 70.3 Å². The minimum Gasteiger partial charge on any atom is -0.385 e. The van der Waals surface area contributed by atoms with Crippen molar-refractivity contribution in [2.24, 2.45) is 5.92 Å². The summed E-state index contributed by atoms with van der Waals surface area (Å²) >= 11 is 0. The predicted molar refractivity (Wildman–Crippen MR) is 101 cm³/mol. The maximum Gasteiger partial charge on any atom is 0.0871 e. The second kappa shape index (κ2) is 6.72. The zero-order valence-electron chi connectivity index (χ0n) is 15.5. The van der Waals surface area contributed by atoms with Gasteiger partial charge in [-0.05, 0) is 66.3 Å². The van der Waals surface area contributed by atoms with Crippen molar-refractivity contribution in [3.8, 4) is 0 Å². The highest BCUT2D eigenvalue weighted by molar-refractivity contribution is 5.42. The molecular weight excluding hydrogens is 292 g/mol. The molecule has 0 aliphatic heterocycles. The van der Waals surface area contributed by atoms with Crippen molar-refractivity contribution in [1.29, 1.82) is 0 Å². The number of hydrogen-bond donors (Lipinski definition) is 1. The van der Waals surface area contributed by atoms with Crippen LogP contribution in [0.4, 0.5) is 0 Å². The fraction of sp³-hybridized carbons (Fsp3) is 0.478. The van der Waals surface area contributed by atoms with E-state index in [4.69, 9.17) is 0 Å². The summed E-state index contributed by atoms with van der Waals surface area (Å²) in [5, 5.41) is 10.6. The van der Waals surface area contributed by atoms with Gasteiger partial charge in [0.1, 0.15) is 0 Å². The summed E-state index contributed by atoms with van der Waals surface area (Å²) < 4.78 is 0. The highest BCUT2D eigenvalue weighted by Gasteiger charge is 2.29. The van der Waals surface area contributed by atoms with Crippen LogP contribution in [0.1, 0.15) is 74.3 Å². The third-order valence-electron chi connectivity index (χ3n) is 5.44. The first-order chi connectivity index (χ1) is 11.4. The van der Waals surface area contributed by atoms with E-state index in [-0.39, 0.29) is 0 Å². The molecule has 0 spiro atoms. The second-order valence-electron chi connectivity index (χ2n) is 8.11. The molecule has 1 N–H and O–H groups in total. The van der Waals surface area contributed by atoms with E-state index in [0.717, 1.165) is 31.2 Å². The predicted octanol–water partition coefficient (Wildman–Crippen LogP) is 5.58. The third-order valence-corrected chi connectivity index (χ3v) is 5.44. The molecule has 0 fully saturated rings. The van der Waals surface area contributed by atoms with Crippen molar-refractivity contribution < 1.29 is 5.11 Å². The lowest BCUT2D eigenvalue weighted by Crippen LogP contribution is -2.27. The lowest BCUT2D eigenvalue weighted by molar-refractivity contribution is 0.0387. The van der Waals surface area contributed by atoms with Crippen LogP contribution in [0.15, 0.2) is 42.5 Å². The fourth-order valence-electron chi connectivity index (χ4n) is 3.98. The van der Waals surface area contributed by atoms with Gasteiger partial charge < -0.3 is 5.11 Å². The van der Waals surface area contributed by atoms with Gasteiger partial charge in [-0.25, -0.2) is 0 Å². The molecule has 0 bridgehead atoms. The SMILES string of the molecule is CC(C)Cc1ccc(C(C)c2ccc3c(c2)CCCC3(C)O)cc1. The average Bonchev–Trinajstić information content (AvgIpc) is 2.54. The average molecular weight is 322 g/mol. The number of hydrogen-bond acceptors (Lipinski definition) is 1. The summed E-state index contributed by atoms with van der Waals surface area (Å²) in [5.41, 5.74) is 5.92. The molecule has 1 aliphatic carbocycles. The van der Waals surface area contributed by atoms with Crippen LogP contribution in [0.25, 0.3) is 0 Å². The van der Waals surface area contributed by atoms with E-state index in [1.54, 1.807) is 0 Å². The molecule has 0 aromatic heterocycles. The van der Waals surface area contributed by atoms with E-state index in [1.165, 1.54) is 22.3 Å². The molecule has 2 aromatic rings. The number of aliphatic hydroxyl groups is 1. The number of aryl methyl sites for hydroxylation is 1. The topological polar surface area (TPSA) is 20.2 Å². The Bertz CT molecular complexity index is 694. The van der Waals surface area contributed by atoms with E-state index in [1.807, 2.05) is 6.92 Å². The number of fused-ring (bicyclic) bond motifs is 1. The third kappa shape index (κ3) is 3.57. The number of rotatable bonds is 4. The van der Waals surface area contributed by atoms with Gasteiger partial charge in [0.15, 0.2) is 0 Å². The van der Waals surface area contributed by atoms with E-state index in [9.17, 15) is 5.11 Å². The van der Waals surface area contributed by atoms with Crippen molar-refractivity contribution in [3.63, 3.8) is 0 Å². The Morgan fingerprint density at radius 2 is 1.67 bits per heavy atom. The normalized spacial score (nSPS) is 21.6. The van der Waals surface area contributed by atoms with Gasteiger partial charge in [-0.1, -0.05) is 63.2 Å². The van der Waals surface area contributed by atoms with Gasteiger partial charge in [0.05, 0.1) is 5.60 Å². The Hall–Kier alpha value is -1.60. The van der Waals surface area contributed by atoms with Gasteiger partial charge in [0.2, 0.25) is 0 Å². The lowest BCUT2D eigenvalue weighted by Gasteiger charge is -2.31. The monoisotopic (exact) mass is 322 g/mol. The molecule has 0 saturated heterocycles. The van der Waals surface area contributed by atoms with Gasteiger partial charge in [-0.3, -0.25) is 0 Å². The lowest BCUT2D eigenvalue weighted by atomic mass is 9.78. The molecule has 0 saturated carbocycles. The molecule has 1 nitrogen and oxygen atoms in total. The summed E-state index contributed by atoms with van der Waals surface area (Å²) in [5.74, 6) is 1.08. The van der Waals surface area contributed by atoms with Gasteiger partial charge in [-0.2, -0.15) is 0 Å². The Morgan fingerprint density at radius 3 is 2.33 bits per heavy atom. The van der Waals surface area contributed by atoms with Crippen LogP contribution < -0.4 is 0 Å². The Kier molecular flexibility index (Phi) is 4.83. The Labute approximate surface area is 146 Å². The largest absolute Gasteiger partial charge is 0.385 e. The van der Waals surface area contributed by atoms with Crippen molar-refractivity contribution in [1.82, 2.24) is 0 Å². The van der Waals surface area contributed by atoms with Crippen LogP contribution in [-0.4, -0.2) is 5.11 Å². The molecule has 1 heteroatoms. The van der Waals surface area contributed by atoms with Crippen molar-refractivity contribution >= 4 is 0 Å². The van der Waals surface area contributed by atoms with Crippen LogP contribution >= 0.6 is 0 Å². The van der Waals surface area contributed by atoms with E-state index in [2.05, 4.69) is 63.2 Å². The zero-order chi connectivity index (χ0) is 17.3. The first-order valence-corrected chi connectivity index (χ1v) is 9.31. The first kappa shape index (κ1) is 17.2. The van der Waals surface area contributed by atoms with E-state index < -0.39 is 5.60 Å². The molecule has 3 rings (SSSR count). The molecule has 0 heterocycles. The molecule has 2 aromatic carbocycles. The quantitative estimate of drug-likeness (QED) is 0.779. The maximum atomic E-state index is 10.6. The number of benzene rings is 2. The highest BCUT2D eigenvalue weighted by Crippen LogP contribution is 2.37. The summed E-state index contributed by atoms with van der Waals surface area (Å²) in [4.78, 5) is 0. The minimum absolute atomic E-state index is 0.385. The summed E-state index contributed by atoms with van der Waals surface area (Å²) in [6.07, 6.45) is 4.16. The van der Waals surface area contributed by atoms with Crippen LogP contribution in [0.3, 0.4) is 0 Å². The smallest absolute Gasteiger partial charge is 0.0871 e. The van der Waals surface area contributed by atoms with E-state index >= 15 is 0 Å². The Morgan fingerprint density at radius 1 is 1.00 bits per heavy atom. The van der Waals surface area contributed by atoms with Crippen LogP contribution in [0.2, 0.25) is 0 Å². The standard InChI is InChI=1S/C23H30O/c1-16(2)14-18-7-9-19(10-8-18)17(3)20-11-12-22-21(15-20)6-5-13-23(22,4)24/h7-12,15-17,24H,5-6,13-14H2,1-4H3. The summed E-state index contributed by atoms with van der Waals surface area (Å²) in [6.45, 7) is 8.75. The summed E-state index contributed by atoms with van der Waals surface area (Å²) in [7, 11) is 0. The van der Waals surface area contributed by atoms with Gasteiger partial charge in [0, 0.05) is 5.92 Å². The molecule has 2 unspecified atom stereocenters. The minimum atomic E-state index is -0.659. The molecular formula is C23H30O. The molecule has 24 heavy (non-hydrogen) atoms. The van der Waals surface area contributed by atoms with Crippen LogP contribution in [-0.2, 0) is 18.4 Å². The van der Waals surface area contributed by atoms with Gasteiger partial charge in [0.25, 0.3) is 0 Å². The fourth-order valence-corrected chi connectivity index (χ4v) is 3.98. The highest BCUT2D eigenvalue weighted by atomic mass is 16.3. The van der Waals surface area contributed by atoms with Crippen molar-refractivity contribution in [2.75, 3.05) is 0 Å². The summed E-state index contributed by atoms with van der Waals surface area (Å²) in [6, 6.07) is 15.8. The Balaban J connectivity index is 1.84. The maximum absolute atomic E-state index is 10.6. The molecule has 1 aliphatic rings. The van der Waals surface area contributed by atoms with Crippen LogP contribution in [0.5, 0.6) is 0 Å². The molecule has 0 amide bonds. The first-order valence-electron chi connectivity index (χ1n) is 9.31. The molecule has 0 radical (unpaired) electrons. The van der Waals surface area contributed by atoms with Gasteiger partial charge in [-0.15, -0.1) is 0 Å². The molecule has 2 atom stereocenters. The zero-order valence-corrected chi connectivity index (χ0v) is 15.5. The van der Waals surface area contributed by atoms with E-state index in [0.29, 0.717) is 11.8 Å². The van der Waals surface area contributed by atoms with Crippen LogP contribution in [0, 0.1) is 5.92 Å². The van der Waals surface area contributed by atoms with Gasteiger partial charge >= 0.3 is 0 Å². The molecule has 128 valence electrons. The second-order valence-corrected chi connectivity index (χ2v) is 8.11.